The Morgan fingerprint density at radius 2 is 1.62 bits per heavy atom. The van der Waals surface area contributed by atoms with Crippen LogP contribution in [0.1, 0.15) is 12.0 Å². The Labute approximate surface area is 146 Å². The van der Waals surface area contributed by atoms with Crippen molar-refractivity contribution in [3.8, 4) is 0 Å². The van der Waals surface area contributed by atoms with E-state index in [1.54, 1.807) is 0 Å². The fraction of sp³-hybridized carbons (Fsp3) is 0.600. The summed E-state index contributed by atoms with van der Waals surface area (Å²) in [4.78, 5) is 5.25. The van der Waals surface area contributed by atoms with Crippen molar-refractivity contribution in [1.29, 1.82) is 0 Å². The number of nitrogens with one attached hydrogen (secondary N) is 1. The van der Waals surface area contributed by atoms with Gasteiger partial charge in [0.25, 0.3) is 0 Å². The van der Waals surface area contributed by atoms with Crippen LogP contribution in [0.5, 0.6) is 0 Å². The van der Waals surface area contributed by atoms with Crippen LogP contribution in [0.2, 0.25) is 0 Å². The van der Waals surface area contributed by atoms with E-state index in [0.717, 1.165) is 12.6 Å². The number of benzene rings is 1. The summed E-state index contributed by atoms with van der Waals surface area (Å²) in [7, 11) is 0. The fourth-order valence-corrected chi connectivity index (χ4v) is 3.08. The highest BCUT2D eigenvalue weighted by Gasteiger charge is 2.25. The molecule has 122 valence electrons. The molecule has 2 saturated heterocycles. The van der Waals surface area contributed by atoms with E-state index in [1.807, 2.05) is 0 Å². The summed E-state index contributed by atoms with van der Waals surface area (Å²) in [6.07, 6.45) is 1.33. The van der Waals surface area contributed by atoms with E-state index >= 15 is 0 Å². The standard InChI is InChI=1S/C15H23N3.3ClH/c1-2-4-14(5-3-1)13-17-8-10-18(11-9-17)15-6-7-16-12-15;;;/h1-5,15-16H,6-13H2;3*1H. The predicted molar refractivity (Wildman–Crippen MR) is 96.3 cm³/mol. The molecule has 1 unspecified atom stereocenters. The van der Waals surface area contributed by atoms with Gasteiger partial charge in [0.2, 0.25) is 0 Å². The molecule has 0 radical (unpaired) electrons. The normalized spacial score (nSPS) is 22.8. The molecule has 0 aromatic heterocycles. The largest absolute Gasteiger partial charge is 0.315 e. The minimum atomic E-state index is 0. The molecule has 3 nitrogen and oxygen atoms in total. The van der Waals surface area contributed by atoms with E-state index in [0.29, 0.717) is 0 Å². The molecule has 0 amide bonds. The second-order valence-corrected chi connectivity index (χ2v) is 5.44. The summed E-state index contributed by atoms with van der Waals surface area (Å²) in [6.45, 7) is 8.40. The second-order valence-electron chi connectivity index (χ2n) is 5.44. The maximum absolute atomic E-state index is 3.47. The van der Waals surface area contributed by atoms with Crippen molar-refractivity contribution >= 4 is 37.2 Å². The molecule has 0 aliphatic carbocycles. The van der Waals surface area contributed by atoms with Gasteiger partial charge in [-0.25, -0.2) is 0 Å². The van der Waals surface area contributed by atoms with Crippen LogP contribution in [-0.4, -0.2) is 55.1 Å². The molecule has 2 aliphatic rings. The molecular weight excluding hydrogens is 329 g/mol. The SMILES string of the molecule is Cl.Cl.Cl.c1ccc(CN2CCN(C3CCNC3)CC2)cc1. The third-order valence-corrected chi connectivity index (χ3v) is 4.21. The molecule has 3 rings (SSSR count). The molecular formula is C15H26Cl3N3. The van der Waals surface area contributed by atoms with Crippen molar-refractivity contribution in [2.24, 2.45) is 0 Å². The minimum absolute atomic E-state index is 0. The highest BCUT2D eigenvalue weighted by Crippen LogP contribution is 2.13. The lowest BCUT2D eigenvalue weighted by molar-refractivity contribution is 0.0981. The monoisotopic (exact) mass is 353 g/mol. The van der Waals surface area contributed by atoms with E-state index in [1.165, 1.54) is 51.3 Å². The van der Waals surface area contributed by atoms with Crippen LogP contribution in [-0.2, 0) is 6.54 Å². The lowest BCUT2D eigenvalue weighted by Gasteiger charge is -2.37. The van der Waals surface area contributed by atoms with Crippen LogP contribution in [0.4, 0.5) is 0 Å². The predicted octanol–water partition coefficient (Wildman–Crippen LogP) is 2.43. The van der Waals surface area contributed by atoms with Crippen molar-refractivity contribution in [3.05, 3.63) is 35.9 Å². The molecule has 2 fully saturated rings. The molecule has 0 saturated carbocycles. The zero-order valence-electron chi connectivity index (χ0n) is 12.2. The lowest BCUT2D eigenvalue weighted by Crippen LogP contribution is -2.50. The Morgan fingerprint density at radius 1 is 0.952 bits per heavy atom. The van der Waals surface area contributed by atoms with E-state index in [4.69, 9.17) is 0 Å². The van der Waals surface area contributed by atoms with Crippen molar-refractivity contribution in [2.45, 2.75) is 19.0 Å². The van der Waals surface area contributed by atoms with Crippen LogP contribution in [0.3, 0.4) is 0 Å². The summed E-state index contributed by atoms with van der Waals surface area (Å²) >= 11 is 0. The van der Waals surface area contributed by atoms with Crippen LogP contribution in [0.25, 0.3) is 0 Å². The first-order valence-electron chi connectivity index (χ1n) is 7.13. The number of hydrogen-bond acceptors (Lipinski definition) is 3. The average molecular weight is 355 g/mol. The van der Waals surface area contributed by atoms with Gasteiger partial charge in [0.1, 0.15) is 0 Å². The lowest BCUT2D eigenvalue weighted by atomic mass is 10.1. The van der Waals surface area contributed by atoms with Crippen molar-refractivity contribution in [1.82, 2.24) is 15.1 Å². The number of nitrogens with zero attached hydrogens (tertiary/aromatic N) is 2. The van der Waals surface area contributed by atoms with Crippen molar-refractivity contribution in [2.75, 3.05) is 39.3 Å². The Kier molecular flexibility index (Phi) is 10.6. The van der Waals surface area contributed by atoms with Gasteiger partial charge in [-0.1, -0.05) is 30.3 Å². The van der Waals surface area contributed by atoms with Gasteiger partial charge in [-0.2, -0.15) is 0 Å². The summed E-state index contributed by atoms with van der Waals surface area (Å²) in [5, 5.41) is 3.47. The fourth-order valence-electron chi connectivity index (χ4n) is 3.08. The first-order valence-corrected chi connectivity index (χ1v) is 7.13. The van der Waals surface area contributed by atoms with Crippen molar-refractivity contribution in [3.63, 3.8) is 0 Å². The van der Waals surface area contributed by atoms with Crippen LogP contribution < -0.4 is 5.32 Å². The molecule has 21 heavy (non-hydrogen) atoms. The highest BCUT2D eigenvalue weighted by atomic mass is 35.5. The Morgan fingerprint density at radius 3 is 2.19 bits per heavy atom. The molecule has 1 aromatic carbocycles. The molecule has 2 aliphatic heterocycles. The zero-order valence-corrected chi connectivity index (χ0v) is 14.7. The van der Waals surface area contributed by atoms with E-state index < -0.39 is 0 Å². The molecule has 1 N–H and O–H groups in total. The van der Waals surface area contributed by atoms with E-state index in [2.05, 4.69) is 45.4 Å². The van der Waals surface area contributed by atoms with Gasteiger partial charge < -0.3 is 5.32 Å². The Hall–Kier alpha value is -0.0300. The highest BCUT2D eigenvalue weighted by molar-refractivity contribution is 5.86. The first kappa shape index (κ1) is 21.0. The van der Waals surface area contributed by atoms with Crippen LogP contribution >= 0.6 is 37.2 Å². The quantitative estimate of drug-likeness (QED) is 0.899. The number of hydrogen-bond donors (Lipinski definition) is 1. The number of piperazine rings is 1. The van der Waals surface area contributed by atoms with Gasteiger partial charge in [0.15, 0.2) is 0 Å². The second kappa shape index (κ2) is 10.7. The summed E-state index contributed by atoms with van der Waals surface area (Å²) in [5.41, 5.74) is 1.44. The van der Waals surface area contributed by atoms with Gasteiger partial charge in [0, 0.05) is 45.3 Å². The number of halogens is 3. The van der Waals surface area contributed by atoms with Crippen molar-refractivity contribution < 1.29 is 0 Å². The molecule has 6 heteroatoms. The molecule has 0 spiro atoms. The molecule has 1 aromatic rings. The summed E-state index contributed by atoms with van der Waals surface area (Å²) < 4.78 is 0. The maximum Gasteiger partial charge on any atom is 0.0234 e. The smallest absolute Gasteiger partial charge is 0.0234 e. The topological polar surface area (TPSA) is 18.5 Å². The third-order valence-electron chi connectivity index (χ3n) is 4.21. The molecule has 2 heterocycles. The zero-order chi connectivity index (χ0) is 12.2. The van der Waals surface area contributed by atoms with E-state index in [-0.39, 0.29) is 37.2 Å². The Bertz CT molecular complexity index is 364. The maximum atomic E-state index is 3.47. The van der Waals surface area contributed by atoms with Crippen LogP contribution in [0.15, 0.2) is 30.3 Å². The van der Waals surface area contributed by atoms with Gasteiger partial charge in [0.05, 0.1) is 0 Å². The van der Waals surface area contributed by atoms with Gasteiger partial charge in [-0.15, -0.1) is 37.2 Å². The van der Waals surface area contributed by atoms with E-state index in [9.17, 15) is 0 Å². The molecule has 0 bridgehead atoms. The summed E-state index contributed by atoms with van der Waals surface area (Å²) in [5.74, 6) is 0. The third kappa shape index (κ3) is 5.93. The van der Waals surface area contributed by atoms with Gasteiger partial charge >= 0.3 is 0 Å². The minimum Gasteiger partial charge on any atom is -0.315 e. The molecule has 1 atom stereocenters. The van der Waals surface area contributed by atoms with Gasteiger partial charge in [-0.05, 0) is 18.5 Å². The summed E-state index contributed by atoms with van der Waals surface area (Å²) in [6, 6.07) is 11.6. The average Bonchev–Trinajstić information content (AvgIpc) is 2.95. The first-order chi connectivity index (χ1) is 8.92. The van der Waals surface area contributed by atoms with Crippen LogP contribution in [0, 0.1) is 0 Å². The van der Waals surface area contributed by atoms with Gasteiger partial charge in [-0.3, -0.25) is 9.80 Å². The Balaban J connectivity index is 0.00000133. The number of rotatable bonds is 3.